The quantitative estimate of drug-likeness (QED) is 0.783. The standard InChI is InChI=1S/C11H10F2N2O/c1-15-6-14-5-8(15)7-3-4-9(16-2)11(13)10(7)12/h3-6H,1-2H3. The minimum atomic E-state index is -0.985. The van der Waals surface area contributed by atoms with Gasteiger partial charge in [0.1, 0.15) is 0 Å². The molecule has 0 saturated carbocycles. The van der Waals surface area contributed by atoms with Crippen LogP contribution in [-0.4, -0.2) is 16.7 Å². The van der Waals surface area contributed by atoms with Gasteiger partial charge in [-0.05, 0) is 12.1 Å². The van der Waals surface area contributed by atoms with Crippen LogP contribution in [0.4, 0.5) is 8.78 Å². The largest absolute Gasteiger partial charge is 0.494 e. The van der Waals surface area contributed by atoms with Gasteiger partial charge in [-0.1, -0.05) is 0 Å². The second kappa shape index (κ2) is 3.92. The molecule has 1 aromatic heterocycles. The van der Waals surface area contributed by atoms with E-state index in [1.54, 1.807) is 11.6 Å². The molecular formula is C11H10F2N2O. The highest BCUT2D eigenvalue weighted by Crippen LogP contribution is 2.28. The average molecular weight is 224 g/mol. The maximum absolute atomic E-state index is 13.7. The number of imidazole rings is 1. The van der Waals surface area contributed by atoms with E-state index in [9.17, 15) is 8.78 Å². The third kappa shape index (κ3) is 1.54. The molecule has 0 atom stereocenters. The first-order chi connectivity index (χ1) is 7.65. The molecule has 84 valence electrons. The Kier molecular flexibility index (Phi) is 2.60. The molecule has 2 rings (SSSR count). The van der Waals surface area contributed by atoms with Gasteiger partial charge in [0.05, 0.1) is 25.3 Å². The molecule has 0 aliphatic heterocycles. The fourth-order valence-corrected chi connectivity index (χ4v) is 1.50. The molecular weight excluding hydrogens is 214 g/mol. The highest BCUT2D eigenvalue weighted by molar-refractivity contribution is 5.61. The zero-order valence-electron chi connectivity index (χ0n) is 8.87. The number of methoxy groups -OCH3 is 1. The maximum atomic E-state index is 13.7. The van der Waals surface area contributed by atoms with E-state index in [-0.39, 0.29) is 11.3 Å². The normalized spacial score (nSPS) is 10.5. The predicted molar refractivity (Wildman–Crippen MR) is 55.1 cm³/mol. The fraction of sp³-hybridized carbons (Fsp3) is 0.182. The zero-order chi connectivity index (χ0) is 11.7. The summed E-state index contributed by atoms with van der Waals surface area (Å²) >= 11 is 0. The van der Waals surface area contributed by atoms with Gasteiger partial charge in [0, 0.05) is 12.6 Å². The lowest BCUT2D eigenvalue weighted by Gasteiger charge is -2.07. The second-order valence-corrected chi connectivity index (χ2v) is 3.33. The van der Waals surface area contributed by atoms with E-state index in [0.29, 0.717) is 5.69 Å². The van der Waals surface area contributed by atoms with Crippen LogP contribution < -0.4 is 4.74 Å². The van der Waals surface area contributed by atoms with Crippen LogP contribution in [0.1, 0.15) is 0 Å². The number of nitrogens with zero attached hydrogens (tertiary/aromatic N) is 2. The van der Waals surface area contributed by atoms with Gasteiger partial charge in [-0.25, -0.2) is 9.37 Å². The Morgan fingerprint density at radius 1 is 1.25 bits per heavy atom. The van der Waals surface area contributed by atoms with Gasteiger partial charge in [0.15, 0.2) is 11.6 Å². The molecule has 0 amide bonds. The number of ether oxygens (including phenoxy) is 1. The molecule has 5 heteroatoms. The molecule has 0 aliphatic rings. The van der Waals surface area contributed by atoms with Gasteiger partial charge < -0.3 is 9.30 Å². The van der Waals surface area contributed by atoms with Crippen molar-refractivity contribution in [1.29, 1.82) is 0 Å². The molecule has 0 aliphatic carbocycles. The molecule has 0 saturated heterocycles. The van der Waals surface area contributed by atoms with E-state index in [2.05, 4.69) is 4.98 Å². The first-order valence-electron chi connectivity index (χ1n) is 4.64. The predicted octanol–water partition coefficient (Wildman–Crippen LogP) is 2.37. The number of aryl methyl sites for hydroxylation is 1. The highest BCUT2D eigenvalue weighted by Gasteiger charge is 2.16. The third-order valence-electron chi connectivity index (χ3n) is 2.36. The molecule has 3 nitrogen and oxygen atoms in total. The van der Waals surface area contributed by atoms with Crippen LogP contribution in [0.25, 0.3) is 11.3 Å². The van der Waals surface area contributed by atoms with Crippen molar-refractivity contribution in [3.63, 3.8) is 0 Å². The van der Waals surface area contributed by atoms with Crippen molar-refractivity contribution in [2.75, 3.05) is 7.11 Å². The number of hydrogen-bond acceptors (Lipinski definition) is 2. The first-order valence-corrected chi connectivity index (χ1v) is 4.64. The van der Waals surface area contributed by atoms with Gasteiger partial charge in [0.2, 0.25) is 5.82 Å². The van der Waals surface area contributed by atoms with Gasteiger partial charge >= 0.3 is 0 Å². The number of halogens is 2. The number of benzene rings is 1. The Balaban J connectivity index is 2.60. The fourth-order valence-electron chi connectivity index (χ4n) is 1.50. The van der Waals surface area contributed by atoms with E-state index >= 15 is 0 Å². The summed E-state index contributed by atoms with van der Waals surface area (Å²) in [6.07, 6.45) is 3.00. The molecule has 1 aromatic carbocycles. The third-order valence-corrected chi connectivity index (χ3v) is 2.36. The minimum Gasteiger partial charge on any atom is -0.494 e. The van der Waals surface area contributed by atoms with Crippen molar-refractivity contribution >= 4 is 0 Å². The molecule has 16 heavy (non-hydrogen) atoms. The Hall–Kier alpha value is -1.91. The Morgan fingerprint density at radius 2 is 2.00 bits per heavy atom. The highest BCUT2D eigenvalue weighted by atomic mass is 19.2. The molecule has 0 bridgehead atoms. The van der Waals surface area contributed by atoms with Crippen molar-refractivity contribution in [2.24, 2.45) is 7.05 Å². The minimum absolute atomic E-state index is 0.108. The Bertz CT molecular complexity index is 523. The van der Waals surface area contributed by atoms with E-state index in [4.69, 9.17) is 4.74 Å². The monoisotopic (exact) mass is 224 g/mol. The van der Waals surface area contributed by atoms with Crippen LogP contribution in [0, 0.1) is 11.6 Å². The SMILES string of the molecule is COc1ccc(-c2cncn2C)c(F)c1F. The summed E-state index contributed by atoms with van der Waals surface area (Å²) in [5.74, 6) is -2.02. The zero-order valence-corrected chi connectivity index (χ0v) is 8.87. The topological polar surface area (TPSA) is 27.1 Å². The van der Waals surface area contributed by atoms with Crippen LogP contribution >= 0.6 is 0 Å². The van der Waals surface area contributed by atoms with Gasteiger partial charge in [-0.3, -0.25) is 0 Å². The van der Waals surface area contributed by atoms with Crippen LogP contribution in [0.15, 0.2) is 24.7 Å². The summed E-state index contributed by atoms with van der Waals surface area (Å²) in [4.78, 5) is 3.85. The first kappa shape index (κ1) is 10.6. The Labute approximate surface area is 91.3 Å². The second-order valence-electron chi connectivity index (χ2n) is 3.33. The van der Waals surface area contributed by atoms with Gasteiger partial charge in [0.25, 0.3) is 0 Å². The van der Waals surface area contributed by atoms with E-state index in [1.807, 2.05) is 0 Å². The maximum Gasteiger partial charge on any atom is 0.201 e. The summed E-state index contributed by atoms with van der Waals surface area (Å²) in [7, 11) is 3.01. The number of rotatable bonds is 2. The molecule has 0 spiro atoms. The van der Waals surface area contributed by atoms with Crippen LogP contribution in [0.3, 0.4) is 0 Å². The molecule has 0 fully saturated rings. The van der Waals surface area contributed by atoms with Crippen LogP contribution in [0.2, 0.25) is 0 Å². The van der Waals surface area contributed by atoms with Crippen molar-refractivity contribution in [3.05, 3.63) is 36.3 Å². The summed E-state index contributed by atoms with van der Waals surface area (Å²) in [5.41, 5.74) is 0.678. The Morgan fingerprint density at radius 3 is 2.56 bits per heavy atom. The van der Waals surface area contributed by atoms with Gasteiger partial charge in [-0.15, -0.1) is 0 Å². The van der Waals surface area contributed by atoms with E-state index < -0.39 is 11.6 Å². The summed E-state index contributed by atoms with van der Waals surface area (Å²) < 4.78 is 33.5. The number of hydrogen-bond donors (Lipinski definition) is 0. The van der Waals surface area contributed by atoms with E-state index in [0.717, 1.165) is 0 Å². The van der Waals surface area contributed by atoms with Crippen molar-refractivity contribution in [2.45, 2.75) is 0 Å². The van der Waals surface area contributed by atoms with E-state index in [1.165, 1.54) is 31.8 Å². The lowest BCUT2D eigenvalue weighted by Crippen LogP contribution is -1.97. The van der Waals surface area contributed by atoms with Gasteiger partial charge in [-0.2, -0.15) is 4.39 Å². The smallest absolute Gasteiger partial charge is 0.201 e. The summed E-state index contributed by atoms with van der Waals surface area (Å²) in [6.45, 7) is 0. The summed E-state index contributed by atoms with van der Waals surface area (Å²) in [5, 5.41) is 0. The van der Waals surface area contributed by atoms with Crippen molar-refractivity contribution in [3.8, 4) is 17.0 Å². The molecule has 0 unspecified atom stereocenters. The molecule has 0 radical (unpaired) electrons. The molecule has 2 aromatic rings. The average Bonchev–Trinajstić information content (AvgIpc) is 2.69. The van der Waals surface area contributed by atoms with Crippen LogP contribution in [0.5, 0.6) is 5.75 Å². The lowest BCUT2D eigenvalue weighted by atomic mass is 10.1. The van der Waals surface area contributed by atoms with Crippen LogP contribution in [-0.2, 0) is 7.05 Å². The molecule has 0 N–H and O–H groups in total. The van der Waals surface area contributed by atoms with Crippen molar-refractivity contribution in [1.82, 2.24) is 9.55 Å². The number of aromatic nitrogens is 2. The van der Waals surface area contributed by atoms with Crippen molar-refractivity contribution < 1.29 is 13.5 Å². The lowest BCUT2D eigenvalue weighted by molar-refractivity contribution is 0.372. The summed E-state index contributed by atoms with van der Waals surface area (Å²) in [6, 6.07) is 2.86. The molecule has 1 heterocycles.